The van der Waals surface area contributed by atoms with E-state index < -0.39 is 0 Å². The van der Waals surface area contributed by atoms with Crippen LogP contribution in [0.3, 0.4) is 0 Å². The lowest BCUT2D eigenvalue weighted by Gasteiger charge is -2.40. The van der Waals surface area contributed by atoms with Crippen LogP contribution in [0.1, 0.15) is 37.8 Å². The number of halogens is 1. The molecule has 2 heterocycles. The summed E-state index contributed by atoms with van der Waals surface area (Å²) in [5.41, 5.74) is 1.74. The first kappa shape index (κ1) is 20.1. The summed E-state index contributed by atoms with van der Waals surface area (Å²) >= 11 is 0. The van der Waals surface area contributed by atoms with Crippen LogP contribution < -0.4 is 5.56 Å². The number of rotatable bonds is 4. The van der Waals surface area contributed by atoms with Crippen LogP contribution in [0.2, 0.25) is 0 Å². The van der Waals surface area contributed by atoms with Crippen LogP contribution in [0.5, 0.6) is 0 Å². The maximum atomic E-state index is 12.1. The van der Waals surface area contributed by atoms with Crippen molar-refractivity contribution >= 4 is 12.4 Å². The summed E-state index contributed by atoms with van der Waals surface area (Å²) in [7, 11) is 0. The van der Waals surface area contributed by atoms with Gasteiger partial charge in [0.05, 0.1) is 5.69 Å². The molecule has 1 saturated heterocycles. The van der Waals surface area contributed by atoms with Crippen LogP contribution in [0.15, 0.2) is 41.2 Å². The van der Waals surface area contributed by atoms with Crippen LogP contribution in [-0.4, -0.2) is 52.0 Å². The van der Waals surface area contributed by atoms with Gasteiger partial charge in [0.15, 0.2) is 0 Å². The van der Waals surface area contributed by atoms with Crippen LogP contribution in [0.25, 0.3) is 11.4 Å². The van der Waals surface area contributed by atoms with E-state index in [1.807, 2.05) is 30.3 Å². The van der Waals surface area contributed by atoms with E-state index in [0.29, 0.717) is 5.82 Å². The number of H-pyrrole nitrogens is 1. The van der Waals surface area contributed by atoms with E-state index in [1.165, 1.54) is 32.1 Å². The fraction of sp³-hybridized carbons (Fsp3) is 0.524. The van der Waals surface area contributed by atoms with Crippen molar-refractivity contribution in [1.82, 2.24) is 19.8 Å². The molecule has 0 unspecified atom stereocenters. The zero-order chi connectivity index (χ0) is 17.8. The highest BCUT2D eigenvalue weighted by molar-refractivity contribution is 5.85. The molecule has 1 N–H and O–H groups in total. The summed E-state index contributed by atoms with van der Waals surface area (Å²) in [6.07, 6.45) is 6.94. The number of aromatic amines is 1. The van der Waals surface area contributed by atoms with Crippen LogP contribution in [0.4, 0.5) is 0 Å². The molecule has 0 radical (unpaired) electrons. The molecule has 1 aromatic carbocycles. The van der Waals surface area contributed by atoms with E-state index in [-0.39, 0.29) is 18.0 Å². The Morgan fingerprint density at radius 1 is 1.00 bits per heavy atom. The average Bonchev–Trinajstić information content (AvgIpc) is 2.69. The Morgan fingerprint density at radius 3 is 2.41 bits per heavy atom. The molecule has 2 aromatic rings. The Labute approximate surface area is 167 Å². The topological polar surface area (TPSA) is 52.2 Å². The SMILES string of the molecule is Cl.O=c1cc(CN2CCN(C3CCCCC3)CC2)nc(-c2ccccc2)[nH]1. The normalized spacial score (nSPS) is 19.6. The molecule has 2 fully saturated rings. The van der Waals surface area contributed by atoms with E-state index in [4.69, 9.17) is 4.98 Å². The van der Waals surface area contributed by atoms with Crippen molar-refractivity contribution < 1.29 is 0 Å². The predicted molar refractivity (Wildman–Crippen MR) is 111 cm³/mol. The zero-order valence-electron chi connectivity index (χ0n) is 15.8. The lowest BCUT2D eigenvalue weighted by Crippen LogP contribution is -2.50. The summed E-state index contributed by atoms with van der Waals surface area (Å²) in [4.78, 5) is 24.7. The van der Waals surface area contributed by atoms with Crippen LogP contribution in [0, 0.1) is 0 Å². The third kappa shape index (κ3) is 5.18. The highest BCUT2D eigenvalue weighted by atomic mass is 35.5. The van der Waals surface area contributed by atoms with Gasteiger partial charge in [-0.05, 0) is 12.8 Å². The van der Waals surface area contributed by atoms with Gasteiger partial charge in [-0.25, -0.2) is 4.98 Å². The lowest BCUT2D eigenvalue weighted by molar-refractivity contribution is 0.0749. The molecule has 6 heteroatoms. The number of hydrogen-bond acceptors (Lipinski definition) is 4. The van der Waals surface area contributed by atoms with E-state index >= 15 is 0 Å². The summed E-state index contributed by atoms with van der Waals surface area (Å²) in [6, 6.07) is 12.3. The van der Waals surface area contributed by atoms with Crippen molar-refractivity contribution in [2.75, 3.05) is 26.2 Å². The molecule has 27 heavy (non-hydrogen) atoms. The number of nitrogens with zero attached hydrogens (tertiary/aromatic N) is 3. The minimum Gasteiger partial charge on any atom is -0.307 e. The van der Waals surface area contributed by atoms with Gasteiger partial charge < -0.3 is 4.98 Å². The Balaban J connectivity index is 0.00000210. The van der Waals surface area contributed by atoms with Crippen molar-refractivity contribution in [3.63, 3.8) is 0 Å². The number of piperazine rings is 1. The first-order valence-electron chi connectivity index (χ1n) is 9.90. The van der Waals surface area contributed by atoms with Crippen molar-refractivity contribution in [3.05, 3.63) is 52.4 Å². The van der Waals surface area contributed by atoms with Gasteiger partial charge in [-0.1, -0.05) is 49.6 Å². The van der Waals surface area contributed by atoms with Gasteiger partial charge in [0.1, 0.15) is 5.82 Å². The van der Waals surface area contributed by atoms with Gasteiger partial charge in [-0.15, -0.1) is 12.4 Å². The largest absolute Gasteiger partial charge is 0.307 e. The Morgan fingerprint density at radius 2 is 1.70 bits per heavy atom. The van der Waals surface area contributed by atoms with E-state index in [2.05, 4.69) is 14.8 Å². The van der Waals surface area contributed by atoms with Gasteiger partial charge in [-0.3, -0.25) is 14.6 Å². The second kappa shape index (κ2) is 9.49. The van der Waals surface area contributed by atoms with Crippen molar-refractivity contribution in [1.29, 1.82) is 0 Å². The molecule has 5 nitrogen and oxygen atoms in total. The van der Waals surface area contributed by atoms with Gasteiger partial charge in [0.2, 0.25) is 0 Å². The van der Waals surface area contributed by atoms with Gasteiger partial charge in [-0.2, -0.15) is 0 Å². The number of benzene rings is 1. The van der Waals surface area contributed by atoms with Crippen LogP contribution in [-0.2, 0) is 6.54 Å². The number of nitrogens with one attached hydrogen (secondary N) is 1. The maximum absolute atomic E-state index is 12.1. The molecule has 0 amide bonds. The molecule has 0 atom stereocenters. The standard InChI is InChI=1S/C21H28N4O.ClH/c26-20-15-18(22-21(23-20)17-7-3-1-4-8-17)16-24-11-13-25(14-12-24)19-9-5-2-6-10-19;/h1,3-4,7-8,15,19H,2,5-6,9-14,16H2,(H,22,23,26);1H. The smallest absolute Gasteiger partial charge is 0.251 e. The monoisotopic (exact) mass is 388 g/mol. The zero-order valence-corrected chi connectivity index (χ0v) is 16.6. The van der Waals surface area contributed by atoms with Gasteiger partial charge in [0, 0.05) is 50.4 Å². The van der Waals surface area contributed by atoms with Gasteiger partial charge in [0.25, 0.3) is 5.56 Å². The fourth-order valence-electron chi connectivity index (χ4n) is 4.28. The summed E-state index contributed by atoms with van der Waals surface area (Å²) < 4.78 is 0. The third-order valence-electron chi connectivity index (χ3n) is 5.73. The summed E-state index contributed by atoms with van der Waals surface area (Å²) in [6.45, 7) is 5.15. The first-order valence-corrected chi connectivity index (χ1v) is 9.90. The van der Waals surface area contributed by atoms with Crippen molar-refractivity contribution in [2.24, 2.45) is 0 Å². The Kier molecular flexibility index (Phi) is 7.05. The minimum absolute atomic E-state index is 0. The molecule has 1 aliphatic heterocycles. The summed E-state index contributed by atoms with van der Waals surface area (Å²) in [5.74, 6) is 0.661. The van der Waals surface area contributed by atoms with E-state index in [0.717, 1.165) is 50.0 Å². The third-order valence-corrected chi connectivity index (χ3v) is 5.73. The average molecular weight is 389 g/mol. The van der Waals surface area contributed by atoms with E-state index in [1.54, 1.807) is 6.07 Å². The number of aromatic nitrogens is 2. The quantitative estimate of drug-likeness (QED) is 0.873. The molecule has 146 valence electrons. The van der Waals surface area contributed by atoms with Crippen molar-refractivity contribution in [3.8, 4) is 11.4 Å². The van der Waals surface area contributed by atoms with Crippen LogP contribution >= 0.6 is 12.4 Å². The molecule has 1 saturated carbocycles. The lowest BCUT2D eigenvalue weighted by atomic mass is 9.94. The fourth-order valence-corrected chi connectivity index (χ4v) is 4.28. The first-order chi connectivity index (χ1) is 12.8. The van der Waals surface area contributed by atoms with E-state index in [9.17, 15) is 4.79 Å². The highest BCUT2D eigenvalue weighted by Gasteiger charge is 2.25. The molecule has 1 aliphatic carbocycles. The second-order valence-electron chi connectivity index (χ2n) is 7.56. The molecule has 4 rings (SSSR count). The molecule has 1 aromatic heterocycles. The molecule has 2 aliphatic rings. The minimum atomic E-state index is -0.0744. The Bertz CT molecular complexity index is 765. The molecule has 0 bridgehead atoms. The predicted octanol–water partition coefficient (Wildman–Crippen LogP) is 3.31. The number of hydrogen-bond donors (Lipinski definition) is 1. The maximum Gasteiger partial charge on any atom is 0.251 e. The Hall–Kier alpha value is -1.69. The molecule has 0 spiro atoms. The molecular formula is C21H29ClN4O. The summed E-state index contributed by atoms with van der Waals surface area (Å²) in [5, 5.41) is 0. The highest BCUT2D eigenvalue weighted by Crippen LogP contribution is 2.23. The van der Waals surface area contributed by atoms with Crippen molar-refractivity contribution in [2.45, 2.75) is 44.7 Å². The van der Waals surface area contributed by atoms with Gasteiger partial charge >= 0.3 is 0 Å². The molecular weight excluding hydrogens is 360 g/mol. The second-order valence-corrected chi connectivity index (χ2v) is 7.56.